The normalized spacial score (nSPS) is 13.7. The van der Waals surface area contributed by atoms with Gasteiger partial charge < -0.3 is 17.6 Å². The van der Waals surface area contributed by atoms with E-state index in [0.717, 1.165) is 0 Å². The van der Waals surface area contributed by atoms with Crippen LogP contribution in [0.25, 0.3) is 6.15 Å². The van der Waals surface area contributed by atoms with Gasteiger partial charge in [-0.25, -0.2) is 0 Å². The molecule has 81 valence electrons. The van der Waals surface area contributed by atoms with Crippen molar-refractivity contribution in [1.29, 1.82) is 0 Å². The van der Waals surface area contributed by atoms with Crippen molar-refractivity contribution in [2.45, 2.75) is 32.1 Å². The van der Waals surface area contributed by atoms with E-state index in [9.17, 15) is 0 Å². The van der Waals surface area contributed by atoms with Gasteiger partial charge in [-0.05, 0) is 0 Å². The van der Waals surface area contributed by atoms with Crippen LogP contribution in [0.15, 0.2) is 24.4 Å². The van der Waals surface area contributed by atoms with Crippen molar-refractivity contribution in [3.8, 4) is 0 Å². The molecule has 0 unspecified atom stereocenters. The van der Waals surface area contributed by atoms with Crippen molar-refractivity contribution < 1.29 is 16.5 Å². The minimum Gasteiger partial charge on any atom is -0.693 e. The summed E-state index contributed by atoms with van der Waals surface area (Å²) >= 11 is 0. The Morgan fingerprint density at radius 1 is 1.07 bits per heavy atom. The standard InChI is InChI=1S/C6H11.C5H4N.H2N.Ni/c2*1-2-4-6-5-3-1;;/h1H,2-6H2;1-4H;1H2;/q3*-1;+3. The van der Waals surface area contributed by atoms with Gasteiger partial charge in [-0.15, -0.1) is 0 Å². The molecule has 2 N–H and O–H groups in total. The molecule has 0 spiro atoms. The van der Waals surface area contributed by atoms with Crippen molar-refractivity contribution >= 4 is 0 Å². The summed E-state index contributed by atoms with van der Waals surface area (Å²) in [7, 11) is 0. The van der Waals surface area contributed by atoms with Crippen LogP contribution >= 0.6 is 0 Å². The quantitative estimate of drug-likeness (QED) is 0.499. The van der Waals surface area contributed by atoms with Crippen molar-refractivity contribution in [3.05, 3.63) is 43.2 Å². The summed E-state index contributed by atoms with van der Waals surface area (Å²) in [4.78, 5) is 3.66. The zero-order valence-electron chi connectivity index (χ0n) is 8.26. The monoisotopic (exact) mass is 235 g/mol. The van der Waals surface area contributed by atoms with Crippen molar-refractivity contribution in [1.82, 2.24) is 4.98 Å². The van der Waals surface area contributed by atoms with Crippen LogP contribution in [0.2, 0.25) is 0 Å². The molecule has 1 fully saturated rings. The van der Waals surface area contributed by atoms with Gasteiger partial charge >= 0.3 is 16.5 Å². The zero-order chi connectivity index (χ0) is 8.49. The fourth-order valence-corrected chi connectivity index (χ4v) is 1.18. The first-order valence-electron chi connectivity index (χ1n) is 4.59. The molecule has 0 aliphatic heterocycles. The van der Waals surface area contributed by atoms with Gasteiger partial charge in [0.2, 0.25) is 0 Å². The molecule has 1 aromatic heterocycles. The zero-order valence-corrected chi connectivity index (χ0v) is 9.25. The summed E-state index contributed by atoms with van der Waals surface area (Å²) in [5.41, 5.74) is 0. The molecule has 0 atom stereocenters. The molecule has 3 heteroatoms. The van der Waals surface area contributed by atoms with E-state index in [1.54, 1.807) is 12.3 Å². The third kappa shape index (κ3) is 9.69. The average molecular weight is 236 g/mol. The molecule has 2 rings (SSSR count). The van der Waals surface area contributed by atoms with Gasteiger partial charge in [0.1, 0.15) is 0 Å². The van der Waals surface area contributed by atoms with Gasteiger partial charge in [-0.2, -0.15) is 31.0 Å². The molecule has 0 aromatic carbocycles. The first-order valence-corrected chi connectivity index (χ1v) is 4.59. The molecule has 1 aliphatic carbocycles. The molecule has 1 radical (unpaired) electrons. The predicted molar refractivity (Wildman–Crippen MR) is 55.7 cm³/mol. The van der Waals surface area contributed by atoms with Crippen LogP contribution in [-0.2, 0) is 16.5 Å². The second kappa shape index (κ2) is 12.6. The fraction of sp³-hybridized carbons (Fsp3) is 0.455. The maximum Gasteiger partial charge on any atom is 3.00 e. The van der Waals surface area contributed by atoms with Gasteiger partial charge in [0.25, 0.3) is 0 Å². The van der Waals surface area contributed by atoms with Crippen LogP contribution in [0.4, 0.5) is 0 Å². The van der Waals surface area contributed by atoms with Crippen LogP contribution in [-0.4, -0.2) is 4.98 Å². The SMILES string of the molecule is [CH-]1CCCCC1.[NH2-].[Ni+3].[c-]1ccccn1. The molecule has 0 amide bonds. The molecule has 0 saturated heterocycles. The number of pyridine rings is 1. The molecular formula is C11H17N2Ni. The van der Waals surface area contributed by atoms with Gasteiger partial charge in [0.15, 0.2) is 0 Å². The summed E-state index contributed by atoms with van der Waals surface area (Å²) in [5.74, 6) is 0. The number of nitrogens with two attached hydrogens (primary N) is 1. The van der Waals surface area contributed by atoms with Gasteiger partial charge in [0.05, 0.1) is 0 Å². The summed E-state index contributed by atoms with van der Waals surface area (Å²) < 4.78 is 0. The second-order valence-electron chi connectivity index (χ2n) is 2.89. The summed E-state index contributed by atoms with van der Waals surface area (Å²) in [6.07, 6.45) is 13.8. The van der Waals surface area contributed by atoms with Crippen LogP contribution < -0.4 is 0 Å². The van der Waals surface area contributed by atoms with E-state index in [2.05, 4.69) is 17.6 Å². The van der Waals surface area contributed by atoms with E-state index in [4.69, 9.17) is 0 Å². The summed E-state index contributed by atoms with van der Waals surface area (Å²) in [6, 6.07) is 5.50. The molecule has 0 bridgehead atoms. The smallest absolute Gasteiger partial charge is 0.693 e. The number of hydrogen-bond acceptors (Lipinski definition) is 1. The minimum absolute atomic E-state index is 0. The first kappa shape index (κ1) is 16.0. The molecule has 1 saturated carbocycles. The van der Waals surface area contributed by atoms with Crippen molar-refractivity contribution in [3.63, 3.8) is 0 Å². The van der Waals surface area contributed by atoms with Gasteiger partial charge in [-0.3, -0.25) is 0 Å². The first-order chi connectivity index (χ1) is 6.00. The third-order valence-electron chi connectivity index (χ3n) is 1.83. The second-order valence-corrected chi connectivity index (χ2v) is 2.89. The Labute approximate surface area is 97.0 Å². The van der Waals surface area contributed by atoms with E-state index in [1.807, 2.05) is 12.1 Å². The third-order valence-corrected chi connectivity index (χ3v) is 1.83. The maximum atomic E-state index is 3.66. The average Bonchev–Trinajstić information content (AvgIpc) is 2.24. The Balaban J connectivity index is 0. The maximum absolute atomic E-state index is 3.66. The van der Waals surface area contributed by atoms with E-state index in [-0.39, 0.29) is 22.6 Å². The van der Waals surface area contributed by atoms with Crippen molar-refractivity contribution in [2.75, 3.05) is 0 Å². The topological polar surface area (TPSA) is 46.4 Å². The number of rotatable bonds is 0. The van der Waals surface area contributed by atoms with E-state index < -0.39 is 0 Å². The number of hydrogen-bond donors (Lipinski definition) is 0. The number of aromatic nitrogens is 1. The van der Waals surface area contributed by atoms with Crippen LogP contribution in [0.3, 0.4) is 0 Å². The van der Waals surface area contributed by atoms with E-state index in [0.29, 0.717) is 0 Å². The molecular weight excluding hydrogens is 219 g/mol. The Morgan fingerprint density at radius 2 is 1.79 bits per heavy atom. The Kier molecular flexibility index (Phi) is 14.4. The van der Waals surface area contributed by atoms with Crippen LogP contribution in [0.5, 0.6) is 0 Å². The molecule has 1 heterocycles. The predicted octanol–water partition coefficient (Wildman–Crippen LogP) is 3.75. The van der Waals surface area contributed by atoms with E-state index >= 15 is 0 Å². The summed E-state index contributed by atoms with van der Waals surface area (Å²) in [5, 5.41) is 0. The molecule has 1 aliphatic rings. The van der Waals surface area contributed by atoms with Gasteiger partial charge in [0, 0.05) is 0 Å². The largest absolute Gasteiger partial charge is 3.00 e. The fourth-order valence-electron chi connectivity index (χ4n) is 1.18. The van der Waals surface area contributed by atoms with Crippen molar-refractivity contribution in [2.24, 2.45) is 0 Å². The Morgan fingerprint density at radius 3 is 1.93 bits per heavy atom. The summed E-state index contributed by atoms with van der Waals surface area (Å²) in [6.45, 7) is 0. The molecule has 14 heavy (non-hydrogen) atoms. The Bertz CT molecular complexity index is 138. The Hall–Kier alpha value is -0.396. The van der Waals surface area contributed by atoms with Crippen LogP contribution in [0, 0.1) is 12.6 Å². The molecule has 1 aromatic rings. The number of nitrogens with zero attached hydrogens (tertiary/aromatic N) is 1. The molecule has 2 nitrogen and oxygen atoms in total. The van der Waals surface area contributed by atoms with E-state index in [1.165, 1.54) is 32.1 Å². The van der Waals surface area contributed by atoms with Crippen LogP contribution in [0.1, 0.15) is 32.1 Å². The van der Waals surface area contributed by atoms with Gasteiger partial charge in [-0.1, -0.05) is 31.7 Å². The minimum atomic E-state index is 0.